The number of hydrogen-bond donors (Lipinski definition) is 2. The summed E-state index contributed by atoms with van der Waals surface area (Å²) in [6.07, 6.45) is 0. The zero-order valence-corrected chi connectivity index (χ0v) is 12.6. The Hall–Kier alpha value is -1.55. The standard InChI is InChI=1S/C15H24N2O2/c1-9(2)12-8-13(10(3)7-14(12)19-6)11(4)15(18)17-16-5/h7-9,11,16H,1-6H3,(H,17,18). The smallest absolute Gasteiger partial charge is 0.241 e. The summed E-state index contributed by atoms with van der Waals surface area (Å²) in [7, 11) is 3.36. The molecule has 1 aromatic rings. The van der Waals surface area contributed by atoms with Gasteiger partial charge in [-0.25, -0.2) is 5.43 Å². The molecule has 1 amide bonds. The molecule has 0 fully saturated rings. The molecular formula is C15H24N2O2. The molecule has 0 aliphatic rings. The van der Waals surface area contributed by atoms with Crippen LogP contribution in [0.15, 0.2) is 12.1 Å². The average Bonchev–Trinajstić information content (AvgIpc) is 2.37. The fraction of sp³-hybridized carbons (Fsp3) is 0.533. The summed E-state index contributed by atoms with van der Waals surface area (Å²) < 4.78 is 5.42. The topological polar surface area (TPSA) is 50.4 Å². The molecule has 2 N–H and O–H groups in total. The first-order valence-electron chi connectivity index (χ1n) is 6.57. The van der Waals surface area contributed by atoms with Crippen molar-refractivity contribution in [3.63, 3.8) is 0 Å². The summed E-state index contributed by atoms with van der Waals surface area (Å²) in [6, 6.07) is 4.09. The van der Waals surface area contributed by atoms with E-state index in [4.69, 9.17) is 4.74 Å². The zero-order valence-electron chi connectivity index (χ0n) is 12.6. The van der Waals surface area contributed by atoms with Crippen molar-refractivity contribution in [2.45, 2.75) is 39.5 Å². The Bertz CT molecular complexity index is 456. The van der Waals surface area contributed by atoms with Gasteiger partial charge < -0.3 is 4.74 Å². The van der Waals surface area contributed by atoms with Gasteiger partial charge in [0.25, 0.3) is 0 Å². The number of hydrogen-bond acceptors (Lipinski definition) is 3. The Morgan fingerprint density at radius 1 is 1.21 bits per heavy atom. The Kier molecular flexibility index (Phi) is 5.36. The molecule has 0 spiro atoms. The second-order valence-electron chi connectivity index (χ2n) is 5.07. The van der Waals surface area contributed by atoms with Gasteiger partial charge in [-0.3, -0.25) is 10.2 Å². The van der Waals surface area contributed by atoms with Crippen molar-refractivity contribution in [3.05, 3.63) is 28.8 Å². The molecule has 0 saturated carbocycles. The molecule has 1 atom stereocenters. The second kappa shape index (κ2) is 6.57. The van der Waals surface area contributed by atoms with Gasteiger partial charge in [0.1, 0.15) is 5.75 Å². The summed E-state index contributed by atoms with van der Waals surface area (Å²) in [5.74, 6) is 1.01. The van der Waals surface area contributed by atoms with Crippen molar-refractivity contribution in [2.75, 3.05) is 14.2 Å². The van der Waals surface area contributed by atoms with E-state index < -0.39 is 0 Å². The second-order valence-corrected chi connectivity index (χ2v) is 5.07. The van der Waals surface area contributed by atoms with E-state index >= 15 is 0 Å². The van der Waals surface area contributed by atoms with E-state index in [1.807, 2.05) is 19.9 Å². The molecular weight excluding hydrogens is 240 g/mol. The highest BCUT2D eigenvalue weighted by Gasteiger charge is 2.19. The summed E-state index contributed by atoms with van der Waals surface area (Å²) in [5, 5.41) is 0. The largest absolute Gasteiger partial charge is 0.496 e. The Morgan fingerprint density at radius 3 is 2.32 bits per heavy atom. The van der Waals surface area contributed by atoms with Gasteiger partial charge in [0.2, 0.25) is 5.91 Å². The third-order valence-electron chi connectivity index (χ3n) is 3.35. The molecule has 1 rings (SSSR count). The van der Waals surface area contributed by atoms with Crippen molar-refractivity contribution in [3.8, 4) is 5.75 Å². The molecule has 4 heteroatoms. The summed E-state index contributed by atoms with van der Waals surface area (Å²) in [5.41, 5.74) is 8.54. The first kappa shape index (κ1) is 15.5. The van der Waals surface area contributed by atoms with Crippen LogP contribution >= 0.6 is 0 Å². The maximum absolute atomic E-state index is 11.9. The molecule has 0 heterocycles. The van der Waals surface area contributed by atoms with Crippen LogP contribution in [0.25, 0.3) is 0 Å². The molecule has 4 nitrogen and oxygen atoms in total. The van der Waals surface area contributed by atoms with Gasteiger partial charge in [0, 0.05) is 7.05 Å². The van der Waals surface area contributed by atoms with Gasteiger partial charge >= 0.3 is 0 Å². The van der Waals surface area contributed by atoms with E-state index in [-0.39, 0.29) is 11.8 Å². The number of ether oxygens (including phenoxy) is 1. The first-order valence-corrected chi connectivity index (χ1v) is 6.57. The maximum atomic E-state index is 11.9. The van der Waals surface area contributed by atoms with Gasteiger partial charge in [-0.2, -0.15) is 0 Å². The molecule has 0 saturated heterocycles. The maximum Gasteiger partial charge on any atom is 0.241 e. The van der Waals surface area contributed by atoms with Crippen molar-refractivity contribution in [1.82, 2.24) is 10.9 Å². The van der Waals surface area contributed by atoms with Crippen LogP contribution in [-0.2, 0) is 4.79 Å². The average molecular weight is 264 g/mol. The lowest BCUT2D eigenvalue weighted by Gasteiger charge is -2.19. The Morgan fingerprint density at radius 2 is 1.84 bits per heavy atom. The first-order chi connectivity index (χ1) is 8.92. The van der Waals surface area contributed by atoms with Crippen molar-refractivity contribution >= 4 is 5.91 Å². The van der Waals surface area contributed by atoms with Crippen molar-refractivity contribution in [1.29, 1.82) is 0 Å². The minimum atomic E-state index is -0.198. The SMILES string of the molecule is CNNC(=O)C(C)c1cc(C(C)C)c(OC)cc1C. The molecule has 106 valence electrons. The molecule has 0 radical (unpaired) electrons. The van der Waals surface area contributed by atoms with E-state index in [1.54, 1.807) is 14.2 Å². The number of carbonyl (C=O) groups is 1. The lowest BCUT2D eigenvalue weighted by Crippen LogP contribution is -2.37. The lowest BCUT2D eigenvalue weighted by atomic mass is 9.90. The van der Waals surface area contributed by atoms with Gasteiger partial charge in [0.15, 0.2) is 0 Å². The van der Waals surface area contributed by atoms with Gasteiger partial charge in [0.05, 0.1) is 13.0 Å². The van der Waals surface area contributed by atoms with Crippen LogP contribution in [0, 0.1) is 6.92 Å². The van der Waals surface area contributed by atoms with Crippen LogP contribution in [0.3, 0.4) is 0 Å². The number of benzene rings is 1. The van der Waals surface area contributed by atoms with Crippen LogP contribution < -0.4 is 15.6 Å². The molecule has 1 aromatic carbocycles. The molecule has 0 aliphatic heterocycles. The highest BCUT2D eigenvalue weighted by Crippen LogP contribution is 2.32. The zero-order chi connectivity index (χ0) is 14.6. The number of nitrogens with one attached hydrogen (secondary N) is 2. The third-order valence-corrected chi connectivity index (χ3v) is 3.35. The fourth-order valence-electron chi connectivity index (χ4n) is 2.18. The van der Waals surface area contributed by atoms with Crippen LogP contribution in [0.4, 0.5) is 0 Å². The monoisotopic (exact) mass is 264 g/mol. The van der Waals surface area contributed by atoms with Crippen LogP contribution in [0.1, 0.15) is 49.3 Å². The van der Waals surface area contributed by atoms with E-state index in [9.17, 15) is 4.79 Å². The van der Waals surface area contributed by atoms with E-state index in [1.165, 1.54) is 0 Å². The van der Waals surface area contributed by atoms with E-state index in [0.717, 1.165) is 22.4 Å². The van der Waals surface area contributed by atoms with Gasteiger partial charge in [-0.15, -0.1) is 0 Å². The predicted octanol–water partition coefficient (Wildman–Crippen LogP) is 2.48. The molecule has 1 unspecified atom stereocenters. The number of rotatable bonds is 5. The highest BCUT2D eigenvalue weighted by atomic mass is 16.5. The quantitative estimate of drug-likeness (QED) is 0.803. The highest BCUT2D eigenvalue weighted by molar-refractivity contribution is 5.83. The Labute approximate surface area is 115 Å². The minimum absolute atomic E-state index is 0.0366. The lowest BCUT2D eigenvalue weighted by molar-refractivity contribution is -0.123. The van der Waals surface area contributed by atoms with Gasteiger partial charge in [-0.1, -0.05) is 19.9 Å². The van der Waals surface area contributed by atoms with Crippen LogP contribution in [0.5, 0.6) is 5.75 Å². The number of carbonyl (C=O) groups excluding carboxylic acids is 1. The summed E-state index contributed by atoms with van der Waals surface area (Å²) in [6.45, 7) is 8.15. The number of aryl methyl sites for hydroxylation is 1. The Balaban J connectivity index is 3.21. The normalized spacial score (nSPS) is 12.4. The number of amides is 1. The van der Waals surface area contributed by atoms with E-state index in [0.29, 0.717) is 5.92 Å². The molecule has 0 aromatic heterocycles. The third kappa shape index (κ3) is 3.47. The molecule has 0 bridgehead atoms. The molecule has 0 aliphatic carbocycles. The summed E-state index contributed by atoms with van der Waals surface area (Å²) in [4.78, 5) is 11.9. The number of methoxy groups -OCH3 is 1. The van der Waals surface area contributed by atoms with Crippen LogP contribution in [-0.4, -0.2) is 20.1 Å². The molecule has 19 heavy (non-hydrogen) atoms. The van der Waals surface area contributed by atoms with Crippen LogP contribution in [0.2, 0.25) is 0 Å². The van der Waals surface area contributed by atoms with Crippen molar-refractivity contribution in [2.24, 2.45) is 0 Å². The predicted molar refractivity (Wildman–Crippen MR) is 77.4 cm³/mol. The van der Waals surface area contributed by atoms with Crippen molar-refractivity contribution < 1.29 is 9.53 Å². The fourth-order valence-corrected chi connectivity index (χ4v) is 2.18. The minimum Gasteiger partial charge on any atom is -0.496 e. The van der Waals surface area contributed by atoms with Gasteiger partial charge in [-0.05, 0) is 42.5 Å². The summed E-state index contributed by atoms with van der Waals surface area (Å²) >= 11 is 0. The number of hydrazine groups is 1. The van der Waals surface area contributed by atoms with E-state index in [2.05, 4.69) is 30.8 Å².